The van der Waals surface area contributed by atoms with E-state index in [0.717, 1.165) is 32.3 Å². The van der Waals surface area contributed by atoms with Crippen LogP contribution in [0.3, 0.4) is 0 Å². The smallest absolute Gasteiger partial charge is 0.0737 e. The lowest BCUT2D eigenvalue weighted by Crippen LogP contribution is -2.49. The molecule has 1 fully saturated rings. The topological polar surface area (TPSA) is 29.5 Å². The van der Waals surface area contributed by atoms with E-state index in [0.29, 0.717) is 0 Å². The van der Waals surface area contributed by atoms with Crippen LogP contribution in [0.1, 0.15) is 37.8 Å². The molecular formula is C15H22O2. The number of rotatable bonds is 5. The SMILES string of the molecule is CCOC1CC(O)(Cc2ccc(CC)cc2)C1. The predicted molar refractivity (Wildman–Crippen MR) is 69.1 cm³/mol. The molecule has 0 bridgehead atoms. The van der Waals surface area contributed by atoms with E-state index in [-0.39, 0.29) is 6.10 Å². The third-order valence-corrected chi connectivity index (χ3v) is 3.58. The Balaban J connectivity index is 1.88. The van der Waals surface area contributed by atoms with Crippen LogP contribution in [0.2, 0.25) is 0 Å². The first-order chi connectivity index (χ1) is 8.15. The minimum absolute atomic E-state index is 0.264. The van der Waals surface area contributed by atoms with E-state index >= 15 is 0 Å². The van der Waals surface area contributed by atoms with Gasteiger partial charge in [-0.05, 0) is 24.5 Å². The Kier molecular flexibility index (Phi) is 3.85. The molecule has 2 nitrogen and oxygen atoms in total. The number of hydrogen-bond donors (Lipinski definition) is 1. The molecule has 1 aliphatic rings. The molecule has 0 amide bonds. The lowest BCUT2D eigenvalue weighted by molar-refractivity contribution is -0.136. The van der Waals surface area contributed by atoms with Crippen LogP contribution in [0, 0.1) is 0 Å². The minimum atomic E-state index is -0.534. The Morgan fingerprint density at radius 3 is 2.29 bits per heavy atom. The van der Waals surface area contributed by atoms with Crippen molar-refractivity contribution in [2.45, 2.75) is 51.2 Å². The fourth-order valence-electron chi connectivity index (χ4n) is 2.56. The quantitative estimate of drug-likeness (QED) is 0.849. The van der Waals surface area contributed by atoms with E-state index in [4.69, 9.17) is 4.74 Å². The molecule has 1 aliphatic carbocycles. The first-order valence-corrected chi connectivity index (χ1v) is 6.57. The molecule has 0 aromatic heterocycles. The van der Waals surface area contributed by atoms with Crippen LogP contribution in [0.25, 0.3) is 0 Å². The highest BCUT2D eigenvalue weighted by Crippen LogP contribution is 2.37. The molecule has 0 unspecified atom stereocenters. The molecule has 0 saturated heterocycles. The van der Waals surface area contributed by atoms with Crippen LogP contribution in [-0.2, 0) is 17.6 Å². The predicted octanol–water partition coefficient (Wildman–Crippen LogP) is 2.72. The summed E-state index contributed by atoms with van der Waals surface area (Å²) in [6.45, 7) is 4.90. The lowest BCUT2D eigenvalue weighted by Gasteiger charge is -2.43. The second-order valence-electron chi connectivity index (χ2n) is 5.06. The number of ether oxygens (including phenoxy) is 1. The molecule has 1 aromatic rings. The van der Waals surface area contributed by atoms with Crippen LogP contribution in [0.4, 0.5) is 0 Å². The first-order valence-electron chi connectivity index (χ1n) is 6.57. The molecule has 0 spiro atoms. The van der Waals surface area contributed by atoms with Gasteiger partial charge >= 0.3 is 0 Å². The van der Waals surface area contributed by atoms with Crippen molar-refractivity contribution in [3.8, 4) is 0 Å². The third-order valence-electron chi connectivity index (χ3n) is 3.58. The minimum Gasteiger partial charge on any atom is -0.389 e. The van der Waals surface area contributed by atoms with Gasteiger partial charge in [-0.2, -0.15) is 0 Å². The standard InChI is InChI=1S/C15H22O2/c1-3-12-5-7-13(8-6-12)9-15(16)10-14(11-15)17-4-2/h5-8,14,16H,3-4,9-11H2,1-2H3. The van der Waals surface area contributed by atoms with Crippen molar-refractivity contribution in [2.75, 3.05) is 6.61 Å². The van der Waals surface area contributed by atoms with Gasteiger partial charge in [0.15, 0.2) is 0 Å². The summed E-state index contributed by atoms with van der Waals surface area (Å²) in [5.41, 5.74) is 2.04. The van der Waals surface area contributed by atoms with Crippen molar-refractivity contribution in [1.82, 2.24) is 0 Å². The van der Waals surface area contributed by atoms with Gasteiger partial charge in [0, 0.05) is 25.9 Å². The lowest BCUT2D eigenvalue weighted by atomic mass is 9.73. The number of aryl methyl sites for hydroxylation is 1. The summed E-state index contributed by atoms with van der Waals surface area (Å²) in [7, 11) is 0. The van der Waals surface area contributed by atoms with Crippen LogP contribution in [-0.4, -0.2) is 23.4 Å². The maximum atomic E-state index is 10.3. The van der Waals surface area contributed by atoms with Crippen LogP contribution in [0.5, 0.6) is 0 Å². The Morgan fingerprint density at radius 2 is 1.76 bits per heavy atom. The van der Waals surface area contributed by atoms with E-state index in [9.17, 15) is 5.11 Å². The fourth-order valence-corrected chi connectivity index (χ4v) is 2.56. The zero-order valence-electron chi connectivity index (χ0n) is 10.8. The highest BCUT2D eigenvalue weighted by atomic mass is 16.5. The normalized spacial score (nSPS) is 27.8. The molecule has 2 rings (SSSR count). The second kappa shape index (κ2) is 5.19. The third kappa shape index (κ3) is 3.08. The number of hydrogen-bond acceptors (Lipinski definition) is 2. The molecule has 94 valence electrons. The number of aliphatic hydroxyl groups is 1. The molecule has 1 aromatic carbocycles. The molecule has 2 heteroatoms. The largest absolute Gasteiger partial charge is 0.389 e. The molecule has 17 heavy (non-hydrogen) atoms. The zero-order chi connectivity index (χ0) is 12.3. The van der Waals surface area contributed by atoms with Gasteiger partial charge in [-0.25, -0.2) is 0 Å². The zero-order valence-corrected chi connectivity index (χ0v) is 10.8. The Hall–Kier alpha value is -0.860. The van der Waals surface area contributed by atoms with Gasteiger partial charge in [0.1, 0.15) is 0 Å². The number of benzene rings is 1. The summed E-state index contributed by atoms with van der Waals surface area (Å²) in [6, 6.07) is 8.56. The van der Waals surface area contributed by atoms with Crippen molar-refractivity contribution in [3.63, 3.8) is 0 Å². The maximum absolute atomic E-state index is 10.3. The molecular weight excluding hydrogens is 212 g/mol. The van der Waals surface area contributed by atoms with Gasteiger partial charge in [0.05, 0.1) is 11.7 Å². The Morgan fingerprint density at radius 1 is 1.18 bits per heavy atom. The first kappa shape index (κ1) is 12.6. The average Bonchev–Trinajstić information content (AvgIpc) is 2.28. The molecule has 0 atom stereocenters. The summed E-state index contributed by atoms with van der Waals surface area (Å²) >= 11 is 0. The van der Waals surface area contributed by atoms with Crippen LogP contribution in [0.15, 0.2) is 24.3 Å². The van der Waals surface area contributed by atoms with Crippen molar-refractivity contribution in [1.29, 1.82) is 0 Å². The second-order valence-corrected chi connectivity index (χ2v) is 5.06. The van der Waals surface area contributed by atoms with Gasteiger partial charge < -0.3 is 9.84 Å². The van der Waals surface area contributed by atoms with Crippen molar-refractivity contribution in [3.05, 3.63) is 35.4 Å². The van der Waals surface area contributed by atoms with E-state index in [1.54, 1.807) is 0 Å². The van der Waals surface area contributed by atoms with Gasteiger partial charge in [-0.1, -0.05) is 31.2 Å². The van der Waals surface area contributed by atoms with Gasteiger partial charge in [0.25, 0.3) is 0 Å². The van der Waals surface area contributed by atoms with Crippen LogP contribution < -0.4 is 0 Å². The summed E-state index contributed by atoms with van der Waals surface area (Å²) in [6.07, 6.45) is 3.63. The fraction of sp³-hybridized carbons (Fsp3) is 0.600. The molecule has 1 saturated carbocycles. The maximum Gasteiger partial charge on any atom is 0.0737 e. The van der Waals surface area contributed by atoms with Crippen molar-refractivity contribution < 1.29 is 9.84 Å². The van der Waals surface area contributed by atoms with Crippen molar-refractivity contribution in [2.24, 2.45) is 0 Å². The molecule has 0 aliphatic heterocycles. The summed E-state index contributed by atoms with van der Waals surface area (Å²) < 4.78 is 5.49. The molecule has 0 heterocycles. The van der Waals surface area contributed by atoms with Crippen LogP contribution >= 0.6 is 0 Å². The van der Waals surface area contributed by atoms with Gasteiger partial charge in [0.2, 0.25) is 0 Å². The summed E-state index contributed by atoms with van der Waals surface area (Å²) in [5.74, 6) is 0. The summed E-state index contributed by atoms with van der Waals surface area (Å²) in [5, 5.41) is 10.3. The van der Waals surface area contributed by atoms with Gasteiger partial charge in [-0.3, -0.25) is 0 Å². The Bertz CT molecular complexity index is 350. The Labute approximate surface area is 104 Å². The van der Waals surface area contributed by atoms with E-state index < -0.39 is 5.60 Å². The van der Waals surface area contributed by atoms with E-state index in [1.807, 2.05) is 6.92 Å². The van der Waals surface area contributed by atoms with Crippen molar-refractivity contribution >= 4 is 0 Å². The highest BCUT2D eigenvalue weighted by Gasteiger charge is 2.42. The monoisotopic (exact) mass is 234 g/mol. The molecule has 0 radical (unpaired) electrons. The highest BCUT2D eigenvalue weighted by molar-refractivity contribution is 5.24. The van der Waals surface area contributed by atoms with Gasteiger partial charge in [-0.15, -0.1) is 0 Å². The molecule has 1 N–H and O–H groups in total. The van der Waals surface area contributed by atoms with E-state index in [1.165, 1.54) is 11.1 Å². The summed E-state index contributed by atoms with van der Waals surface area (Å²) in [4.78, 5) is 0. The van der Waals surface area contributed by atoms with E-state index in [2.05, 4.69) is 31.2 Å². The average molecular weight is 234 g/mol.